The lowest BCUT2D eigenvalue weighted by atomic mass is 10.0. The highest BCUT2D eigenvalue weighted by Gasteiger charge is 2.43. The van der Waals surface area contributed by atoms with Gasteiger partial charge in [0.1, 0.15) is 23.7 Å². The summed E-state index contributed by atoms with van der Waals surface area (Å²) in [5.41, 5.74) is 1.38. The number of carbonyl (C=O) groups is 3. The van der Waals surface area contributed by atoms with Crippen LogP contribution in [0.2, 0.25) is 0 Å². The van der Waals surface area contributed by atoms with Gasteiger partial charge in [-0.3, -0.25) is 19.3 Å². The van der Waals surface area contributed by atoms with Crippen molar-refractivity contribution in [2.45, 2.75) is 52.2 Å². The number of anilines is 2. The zero-order valence-corrected chi connectivity index (χ0v) is 19.5. The second kappa shape index (κ2) is 10.1. The molecular formula is C24H30FN5O3. The molecular weight excluding hydrogens is 425 g/mol. The fraction of sp³-hybridized carbons (Fsp3) is 0.417. The van der Waals surface area contributed by atoms with Gasteiger partial charge in [0.15, 0.2) is 0 Å². The van der Waals surface area contributed by atoms with E-state index in [-0.39, 0.29) is 23.9 Å². The average Bonchev–Trinajstić information content (AvgIpc) is 3.18. The predicted molar refractivity (Wildman–Crippen MR) is 124 cm³/mol. The van der Waals surface area contributed by atoms with Crippen LogP contribution in [0.3, 0.4) is 0 Å². The molecule has 0 saturated heterocycles. The number of nitrogens with one attached hydrogen (secondary N) is 3. The molecule has 1 aromatic heterocycles. The molecule has 2 aromatic rings. The molecule has 0 fully saturated rings. The number of fused-ring (bicyclic) bond motifs is 1. The fourth-order valence-corrected chi connectivity index (χ4v) is 3.79. The van der Waals surface area contributed by atoms with E-state index in [1.165, 1.54) is 11.0 Å². The molecule has 0 radical (unpaired) electrons. The summed E-state index contributed by atoms with van der Waals surface area (Å²) in [4.78, 5) is 45.1. The lowest BCUT2D eigenvalue weighted by Gasteiger charge is -2.31. The molecule has 2 heterocycles. The van der Waals surface area contributed by atoms with Gasteiger partial charge in [-0.25, -0.2) is 9.37 Å². The summed E-state index contributed by atoms with van der Waals surface area (Å²) in [6.45, 7) is 7.02. The summed E-state index contributed by atoms with van der Waals surface area (Å²) in [6.07, 6.45) is 1.78. The Kier molecular flexibility index (Phi) is 7.43. The number of amides is 3. The zero-order valence-electron chi connectivity index (χ0n) is 19.5. The van der Waals surface area contributed by atoms with Gasteiger partial charge in [0.2, 0.25) is 11.8 Å². The van der Waals surface area contributed by atoms with Gasteiger partial charge in [0.25, 0.3) is 5.91 Å². The number of aromatic nitrogens is 1. The molecule has 8 nitrogen and oxygen atoms in total. The number of likely N-dealkylation sites (N-methyl/N-ethyl adjacent to an activating group) is 1. The van der Waals surface area contributed by atoms with Crippen LogP contribution in [0.15, 0.2) is 36.5 Å². The van der Waals surface area contributed by atoms with E-state index in [0.717, 1.165) is 5.56 Å². The summed E-state index contributed by atoms with van der Waals surface area (Å²) < 4.78 is 14.3. The highest BCUT2D eigenvalue weighted by molar-refractivity contribution is 6.09. The lowest BCUT2D eigenvalue weighted by Crippen LogP contribution is -2.57. The number of carbonyl (C=O) groups excluding carboxylic acids is 3. The molecule has 3 amide bonds. The highest BCUT2D eigenvalue weighted by Crippen LogP contribution is 2.32. The van der Waals surface area contributed by atoms with Crippen molar-refractivity contribution in [3.63, 3.8) is 0 Å². The molecule has 9 heteroatoms. The second-order valence-corrected chi connectivity index (χ2v) is 8.58. The minimum atomic E-state index is -0.929. The molecule has 3 atom stereocenters. The van der Waals surface area contributed by atoms with E-state index in [4.69, 9.17) is 0 Å². The maximum atomic E-state index is 14.3. The largest absolute Gasteiger partial charge is 0.343 e. The van der Waals surface area contributed by atoms with Gasteiger partial charge in [0.05, 0.1) is 11.7 Å². The van der Waals surface area contributed by atoms with Crippen molar-refractivity contribution in [1.82, 2.24) is 15.6 Å². The maximum absolute atomic E-state index is 14.3. The van der Waals surface area contributed by atoms with E-state index >= 15 is 0 Å². The SMILES string of the molecule is CN[C@@H](C)C(=O)N[C@H](C(=O)N1c2ncccc2C[C@H]1C(=O)Nc1c(C)cccc1F)C(C)C. The number of halogens is 1. The van der Waals surface area contributed by atoms with Crippen LogP contribution in [0.5, 0.6) is 0 Å². The summed E-state index contributed by atoms with van der Waals surface area (Å²) in [6, 6.07) is 5.77. The second-order valence-electron chi connectivity index (χ2n) is 8.58. The molecule has 33 heavy (non-hydrogen) atoms. The lowest BCUT2D eigenvalue weighted by molar-refractivity contribution is -0.130. The van der Waals surface area contributed by atoms with Crippen molar-refractivity contribution in [1.29, 1.82) is 0 Å². The molecule has 176 valence electrons. The topological polar surface area (TPSA) is 103 Å². The van der Waals surface area contributed by atoms with Gasteiger partial charge in [-0.15, -0.1) is 0 Å². The van der Waals surface area contributed by atoms with Crippen LogP contribution in [-0.4, -0.2) is 47.9 Å². The first kappa shape index (κ1) is 24.3. The molecule has 3 rings (SSSR count). The quantitative estimate of drug-likeness (QED) is 0.594. The summed E-state index contributed by atoms with van der Waals surface area (Å²) >= 11 is 0. The van der Waals surface area contributed by atoms with E-state index in [1.807, 2.05) is 13.8 Å². The Morgan fingerprint density at radius 1 is 1.15 bits per heavy atom. The Hall–Kier alpha value is -3.33. The number of para-hydroxylation sites is 1. The summed E-state index contributed by atoms with van der Waals surface area (Å²) in [7, 11) is 1.65. The van der Waals surface area contributed by atoms with Crippen LogP contribution in [-0.2, 0) is 20.8 Å². The standard InChI is InChI=1S/C24H30FN5O3/c1-13(2)19(28-22(31)15(4)26-5)24(33)30-18(12-16-9-7-11-27-21(16)30)23(32)29-20-14(3)8-6-10-17(20)25/h6-11,13,15,18-19,26H,12H2,1-5H3,(H,28,31)(H,29,32)/t15-,18-,19-/m0/s1. The molecule has 0 unspecified atom stereocenters. The minimum absolute atomic E-state index is 0.0790. The number of pyridine rings is 1. The Morgan fingerprint density at radius 2 is 1.88 bits per heavy atom. The van der Waals surface area contributed by atoms with Crippen molar-refractivity contribution in [2.24, 2.45) is 5.92 Å². The van der Waals surface area contributed by atoms with Gasteiger partial charge < -0.3 is 16.0 Å². The minimum Gasteiger partial charge on any atom is -0.343 e. The molecule has 0 saturated carbocycles. The number of hydrogen-bond donors (Lipinski definition) is 3. The number of benzene rings is 1. The van der Waals surface area contributed by atoms with E-state index in [0.29, 0.717) is 11.4 Å². The van der Waals surface area contributed by atoms with Crippen molar-refractivity contribution in [3.05, 3.63) is 53.5 Å². The molecule has 0 aliphatic carbocycles. The maximum Gasteiger partial charge on any atom is 0.251 e. The van der Waals surface area contributed by atoms with Crippen LogP contribution in [0, 0.1) is 18.7 Å². The monoisotopic (exact) mass is 455 g/mol. The summed E-state index contributed by atoms with van der Waals surface area (Å²) in [5.74, 6) is -1.71. The Bertz CT molecular complexity index is 1040. The molecule has 3 N–H and O–H groups in total. The van der Waals surface area contributed by atoms with Crippen LogP contribution < -0.4 is 20.9 Å². The predicted octanol–water partition coefficient (Wildman–Crippen LogP) is 2.17. The van der Waals surface area contributed by atoms with Crippen molar-refractivity contribution >= 4 is 29.2 Å². The van der Waals surface area contributed by atoms with Crippen LogP contribution in [0.1, 0.15) is 31.9 Å². The first-order valence-corrected chi connectivity index (χ1v) is 11.0. The van der Waals surface area contributed by atoms with E-state index < -0.39 is 35.8 Å². The van der Waals surface area contributed by atoms with E-state index in [2.05, 4.69) is 20.9 Å². The number of aryl methyl sites for hydroxylation is 1. The normalized spacial score (nSPS) is 16.8. The average molecular weight is 456 g/mol. The number of hydrogen-bond acceptors (Lipinski definition) is 5. The van der Waals surface area contributed by atoms with E-state index in [1.54, 1.807) is 51.4 Å². The van der Waals surface area contributed by atoms with Gasteiger partial charge in [-0.1, -0.05) is 32.0 Å². The third kappa shape index (κ3) is 5.03. The van der Waals surface area contributed by atoms with Gasteiger partial charge in [-0.05, 0) is 50.1 Å². The van der Waals surface area contributed by atoms with Crippen LogP contribution in [0.25, 0.3) is 0 Å². The van der Waals surface area contributed by atoms with Crippen molar-refractivity contribution < 1.29 is 18.8 Å². The molecule has 1 aliphatic rings. The van der Waals surface area contributed by atoms with Gasteiger partial charge >= 0.3 is 0 Å². The van der Waals surface area contributed by atoms with E-state index in [9.17, 15) is 18.8 Å². The van der Waals surface area contributed by atoms with Gasteiger partial charge in [-0.2, -0.15) is 0 Å². The molecule has 1 aliphatic heterocycles. The first-order valence-electron chi connectivity index (χ1n) is 11.0. The van der Waals surface area contributed by atoms with Gasteiger partial charge in [0, 0.05) is 12.6 Å². The van der Waals surface area contributed by atoms with Crippen molar-refractivity contribution in [3.8, 4) is 0 Å². The Labute approximate surface area is 193 Å². The van der Waals surface area contributed by atoms with Crippen LogP contribution >= 0.6 is 0 Å². The Morgan fingerprint density at radius 3 is 2.52 bits per heavy atom. The molecule has 1 aromatic carbocycles. The first-order chi connectivity index (χ1) is 15.6. The highest BCUT2D eigenvalue weighted by atomic mass is 19.1. The molecule has 0 spiro atoms. The molecule has 0 bridgehead atoms. The van der Waals surface area contributed by atoms with Crippen molar-refractivity contribution in [2.75, 3.05) is 17.3 Å². The third-order valence-corrected chi connectivity index (χ3v) is 5.89. The number of nitrogens with zero attached hydrogens (tertiary/aromatic N) is 2. The summed E-state index contributed by atoms with van der Waals surface area (Å²) in [5, 5.41) is 8.28. The van der Waals surface area contributed by atoms with Crippen LogP contribution in [0.4, 0.5) is 15.9 Å². The number of rotatable bonds is 7. The zero-order chi connectivity index (χ0) is 24.3. The smallest absolute Gasteiger partial charge is 0.251 e. The third-order valence-electron chi connectivity index (χ3n) is 5.89. The Balaban J connectivity index is 1.94. The fourth-order valence-electron chi connectivity index (χ4n) is 3.79.